The summed E-state index contributed by atoms with van der Waals surface area (Å²) in [5.41, 5.74) is 0.923. The van der Waals surface area contributed by atoms with Crippen LogP contribution in [0, 0.1) is 6.92 Å². The Morgan fingerprint density at radius 1 is 1.36 bits per heavy atom. The van der Waals surface area contributed by atoms with Crippen LogP contribution in [0.2, 0.25) is 0 Å². The van der Waals surface area contributed by atoms with E-state index in [2.05, 4.69) is 41.2 Å². The van der Waals surface area contributed by atoms with Gasteiger partial charge in [0.15, 0.2) is 5.96 Å². The molecule has 0 bridgehead atoms. The Bertz CT molecular complexity index is 819. The molecular formula is C19H24N4OS. The van der Waals surface area contributed by atoms with Crippen molar-refractivity contribution in [2.24, 2.45) is 4.99 Å². The van der Waals surface area contributed by atoms with Gasteiger partial charge in [0.25, 0.3) is 0 Å². The maximum Gasteiger partial charge on any atom is 0.194 e. The van der Waals surface area contributed by atoms with Gasteiger partial charge < -0.3 is 14.6 Å². The predicted molar refractivity (Wildman–Crippen MR) is 104 cm³/mol. The Balaban J connectivity index is 1.64. The summed E-state index contributed by atoms with van der Waals surface area (Å²) in [5, 5.41) is 5.61. The molecule has 0 radical (unpaired) electrons. The van der Waals surface area contributed by atoms with Gasteiger partial charge in [0.2, 0.25) is 0 Å². The van der Waals surface area contributed by atoms with Crippen LogP contribution < -0.4 is 5.32 Å². The summed E-state index contributed by atoms with van der Waals surface area (Å²) in [6.45, 7) is 6.39. The molecule has 0 atom stereocenters. The minimum atomic E-state index is 0.677. The number of hydrogen-bond acceptors (Lipinski definition) is 4. The van der Waals surface area contributed by atoms with Crippen LogP contribution in [0.5, 0.6) is 0 Å². The van der Waals surface area contributed by atoms with Gasteiger partial charge in [0, 0.05) is 43.0 Å². The minimum Gasteiger partial charge on any atom is -0.459 e. The second-order valence-electron chi connectivity index (χ2n) is 5.96. The van der Waals surface area contributed by atoms with Crippen LogP contribution in [-0.2, 0) is 13.0 Å². The van der Waals surface area contributed by atoms with Crippen molar-refractivity contribution >= 4 is 28.3 Å². The monoisotopic (exact) mass is 356 g/mol. The molecule has 0 saturated heterocycles. The predicted octanol–water partition coefficient (Wildman–Crippen LogP) is 3.84. The number of aliphatic imine (C=N–C) groups is 1. The van der Waals surface area contributed by atoms with Crippen molar-refractivity contribution in [2.45, 2.75) is 26.8 Å². The topological polar surface area (TPSA) is 53.7 Å². The zero-order valence-electron chi connectivity index (χ0n) is 15.0. The molecule has 0 aliphatic carbocycles. The normalized spacial score (nSPS) is 11.9. The first-order chi connectivity index (χ1) is 12.2. The number of fused-ring (bicyclic) bond motifs is 1. The Morgan fingerprint density at radius 2 is 2.20 bits per heavy atom. The van der Waals surface area contributed by atoms with Crippen LogP contribution in [0.15, 0.2) is 45.9 Å². The molecule has 0 amide bonds. The number of benzene rings is 1. The highest BCUT2D eigenvalue weighted by atomic mass is 32.1. The average molecular weight is 356 g/mol. The quantitative estimate of drug-likeness (QED) is 0.539. The van der Waals surface area contributed by atoms with Gasteiger partial charge in [-0.05, 0) is 26.0 Å². The van der Waals surface area contributed by atoms with Gasteiger partial charge in [-0.2, -0.15) is 0 Å². The van der Waals surface area contributed by atoms with Gasteiger partial charge in [0.05, 0.1) is 11.6 Å². The Hall–Kier alpha value is -2.34. The van der Waals surface area contributed by atoms with Gasteiger partial charge in [-0.15, -0.1) is 11.3 Å². The molecule has 1 N–H and O–H groups in total. The Labute approximate surface area is 152 Å². The molecule has 25 heavy (non-hydrogen) atoms. The first kappa shape index (κ1) is 17.5. The lowest BCUT2D eigenvalue weighted by atomic mass is 10.2. The fourth-order valence-electron chi connectivity index (χ4n) is 2.67. The first-order valence-electron chi connectivity index (χ1n) is 8.54. The van der Waals surface area contributed by atoms with E-state index >= 15 is 0 Å². The summed E-state index contributed by atoms with van der Waals surface area (Å²) in [4.78, 5) is 12.5. The van der Waals surface area contributed by atoms with Crippen molar-refractivity contribution in [1.29, 1.82) is 0 Å². The number of aryl methyl sites for hydroxylation is 1. The van der Waals surface area contributed by atoms with Crippen LogP contribution in [0.3, 0.4) is 0 Å². The Morgan fingerprint density at radius 3 is 2.92 bits per heavy atom. The third kappa shape index (κ3) is 4.60. The fraction of sp³-hybridized carbons (Fsp3) is 0.368. The van der Waals surface area contributed by atoms with Crippen molar-refractivity contribution in [3.63, 3.8) is 0 Å². The fourth-order valence-corrected chi connectivity index (χ4v) is 3.44. The van der Waals surface area contributed by atoms with E-state index in [1.165, 1.54) is 4.88 Å². The molecule has 0 aliphatic heterocycles. The minimum absolute atomic E-state index is 0.677. The van der Waals surface area contributed by atoms with Crippen LogP contribution in [0.25, 0.3) is 11.0 Å². The van der Waals surface area contributed by atoms with Crippen molar-refractivity contribution in [3.05, 3.63) is 52.2 Å². The van der Waals surface area contributed by atoms with Crippen molar-refractivity contribution < 1.29 is 4.42 Å². The number of rotatable bonds is 6. The molecule has 5 nitrogen and oxygen atoms in total. The molecule has 0 spiro atoms. The van der Waals surface area contributed by atoms with Crippen LogP contribution >= 0.6 is 11.3 Å². The molecule has 1 aromatic carbocycles. The van der Waals surface area contributed by atoms with Crippen molar-refractivity contribution in [1.82, 2.24) is 15.2 Å². The maximum atomic E-state index is 5.91. The van der Waals surface area contributed by atoms with E-state index in [9.17, 15) is 0 Å². The van der Waals surface area contributed by atoms with E-state index in [1.54, 1.807) is 11.3 Å². The average Bonchev–Trinajstić information content (AvgIpc) is 3.19. The highest BCUT2D eigenvalue weighted by Gasteiger charge is 2.10. The lowest BCUT2D eigenvalue weighted by molar-refractivity contribution is 0.412. The lowest BCUT2D eigenvalue weighted by Crippen LogP contribution is -2.38. The van der Waals surface area contributed by atoms with Crippen LogP contribution in [-0.4, -0.2) is 36.0 Å². The summed E-state index contributed by atoms with van der Waals surface area (Å²) < 4.78 is 5.91. The molecule has 0 fully saturated rings. The second-order valence-corrected chi connectivity index (χ2v) is 7.28. The standard InChI is InChI=1S/C19H24N4OS/c1-4-20-19(21-10-9-18-22-12-14(2)25-18)23(3)13-16-11-15-7-5-6-8-17(15)24-16/h5-8,11-12H,4,9-10,13H2,1-3H3,(H,20,21). The maximum absolute atomic E-state index is 5.91. The lowest BCUT2D eigenvalue weighted by Gasteiger charge is -2.20. The van der Waals surface area contributed by atoms with Crippen molar-refractivity contribution in [3.8, 4) is 0 Å². The third-order valence-electron chi connectivity index (χ3n) is 3.82. The summed E-state index contributed by atoms with van der Waals surface area (Å²) in [5.74, 6) is 1.82. The van der Waals surface area contributed by atoms with Crippen LogP contribution in [0.4, 0.5) is 0 Å². The molecule has 3 aromatic rings. The molecule has 0 aliphatic rings. The number of hydrogen-bond donors (Lipinski definition) is 1. The van der Waals surface area contributed by atoms with Gasteiger partial charge in [0.1, 0.15) is 11.3 Å². The number of furan rings is 1. The Kier molecular flexibility index (Phi) is 5.71. The molecule has 6 heteroatoms. The number of nitrogens with one attached hydrogen (secondary N) is 1. The smallest absolute Gasteiger partial charge is 0.194 e. The van der Waals surface area contributed by atoms with Gasteiger partial charge in [-0.25, -0.2) is 4.98 Å². The van der Waals surface area contributed by atoms with E-state index in [0.29, 0.717) is 6.54 Å². The molecule has 2 aromatic heterocycles. The molecule has 0 saturated carbocycles. The third-order valence-corrected chi connectivity index (χ3v) is 4.79. The molecule has 2 heterocycles. The SMILES string of the molecule is CCNC(=NCCc1ncc(C)s1)N(C)Cc1cc2ccccc2o1. The van der Waals surface area contributed by atoms with Gasteiger partial charge in [-0.1, -0.05) is 18.2 Å². The second kappa shape index (κ2) is 8.16. The number of thiazole rings is 1. The van der Waals surface area contributed by atoms with E-state index in [1.807, 2.05) is 31.4 Å². The molecule has 3 rings (SSSR count). The summed E-state index contributed by atoms with van der Waals surface area (Å²) in [7, 11) is 2.03. The van der Waals surface area contributed by atoms with Crippen LogP contribution in [0.1, 0.15) is 22.6 Å². The van der Waals surface area contributed by atoms with Gasteiger partial charge >= 0.3 is 0 Å². The van der Waals surface area contributed by atoms with E-state index in [-0.39, 0.29) is 0 Å². The van der Waals surface area contributed by atoms with E-state index < -0.39 is 0 Å². The molecular weight excluding hydrogens is 332 g/mol. The van der Waals surface area contributed by atoms with E-state index in [4.69, 9.17) is 9.41 Å². The largest absolute Gasteiger partial charge is 0.459 e. The summed E-state index contributed by atoms with van der Waals surface area (Å²) in [6, 6.07) is 10.2. The number of nitrogens with zero attached hydrogens (tertiary/aromatic N) is 3. The summed E-state index contributed by atoms with van der Waals surface area (Å²) >= 11 is 1.74. The summed E-state index contributed by atoms with van der Waals surface area (Å²) in [6.07, 6.45) is 2.79. The first-order valence-corrected chi connectivity index (χ1v) is 9.35. The molecule has 0 unspecified atom stereocenters. The van der Waals surface area contributed by atoms with Crippen molar-refractivity contribution in [2.75, 3.05) is 20.1 Å². The molecule has 132 valence electrons. The highest BCUT2D eigenvalue weighted by molar-refractivity contribution is 7.11. The van der Waals surface area contributed by atoms with E-state index in [0.717, 1.165) is 47.2 Å². The highest BCUT2D eigenvalue weighted by Crippen LogP contribution is 2.19. The zero-order chi connectivity index (χ0) is 17.6. The number of para-hydroxylation sites is 1. The number of aromatic nitrogens is 1. The zero-order valence-corrected chi connectivity index (χ0v) is 15.8. The van der Waals surface area contributed by atoms with Gasteiger partial charge in [-0.3, -0.25) is 4.99 Å². The number of guanidine groups is 1.